The van der Waals surface area contributed by atoms with Crippen LogP contribution in [0.5, 0.6) is 11.5 Å². The van der Waals surface area contributed by atoms with E-state index in [4.69, 9.17) is 21.1 Å². The molecule has 1 atom stereocenters. The molecule has 1 unspecified atom stereocenters. The van der Waals surface area contributed by atoms with E-state index in [1.165, 1.54) is 20.4 Å². The molecule has 0 bridgehead atoms. The van der Waals surface area contributed by atoms with Crippen LogP contribution in [0, 0.1) is 5.82 Å². The van der Waals surface area contributed by atoms with Gasteiger partial charge in [-0.2, -0.15) is 0 Å². The van der Waals surface area contributed by atoms with Gasteiger partial charge in [-0.3, -0.25) is 4.98 Å². The number of thiazole rings is 1. The molecule has 4 rings (SSSR count). The highest BCUT2D eigenvalue weighted by Crippen LogP contribution is 2.36. The number of halogens is 2. The van der Waals surface area contributed by atoms with E-state index in [9.17, 15) is 8.42 Å². The van der Waals surface area contributed by atoms with Crippen LogP contribution in [0.1, 0.15) is 30.5 Å². The zero-order valence-corrected chi connectivity index (χ0v) is 23.3. The first-order chi connectivity index (χ1) is 18.3. The minimum atomic E-state index is -4.42. The predicted molar refractivity (Wildman–Crippen MR) is 147 cm³/mol. The third-order valence-electron chi connectivity index (χ3n) is 5.88. The van der Waals surface area contributed by atoms with Crippen LogP contribution in [0.2, 0.25) is 5.02 Å². The minimum absolute atomic E-state index is 0.0681. The molecule has 0 saturated heterocycles. The largest absolute Gasteiger partial charge is 0.497 e. The molecule has 0 saturated carbocycles. The summed E-state index contributed by atoms with van der Waals surface area (Å²) < 4.78 is 54.9. The van der Waals surface area contributed by atoms with Crippen molar-refractivity contribution in [3.05, 3.63) is 88.4 Å². The van der Waals surface area contributed by atoms with Crippen LogP contribution < -0.4 is 19.1 Å². The Labute approximate surface area is 230 Å². The van der Waals surface area contributed by atoms with Crippen molar-refractivity contribution in [2.24, 2.45) is 0 Å². The minimum Gasteiger partial charge on any atom is -0.497 e. The van der Waals surface area contributed by atoms with Gasteiger partial charge in [-0.15, -0.1) is 11.3 Å². The Balaban J connectivity index is 1.71. The zero-order valence-electron chi connectivity index (χ0n) is 20.9. The number of ether oxygens (including phenoxy) is 2. The number of sulfonamides is 1. The van der Waals surface area contributed by atoms with E-state index in [0.717, 1.165) is 33.3 Å². The van der Waals surface area contributed by atoms with Gasteiger partial charge in [-0.05, 0) is 48.4 Å². The van der Waals surface area contributed by atoms with Gasteiger partial charge in [0.1, 0.15) is 22.2 Å². The molecule has 2 heterocycles. The summed E-state index contributed by atoms with van der Waals surface area (Å²) in [7, 11) is -1.43. The number of hydrogen-bond acceptors (Lipinski definition) is 8. The monoisotopic (exact) mass is 576 g/mol. The number of aromatic nitrogens is 2. The maximum Gasteiger partial charge on any atom is 0.269 e. The number of anilines is 2. The first kappa shape index (κ1) is 27.6. The van der Waals surface area contributed by atoms with Crippen LogP contribution >= 0.6 is 22.9 Å². The van der Waals surface area contributed by atoms with Crippen LogP contribution in [0.3, 0.4) is 0 Å². The number of benzene rings is 2. The lowest BCUT2D eigenvalue weighted by molar-refractivity contribution is 0.391. The van der Waals surface area contributed by atoms with Crippen LogP contribution in [-0.2, 0) is 16.6 Å². The van der Waals surface area contributed by atoms with Gasteiger partial charge in [-0.25, -0.2) is 22.1 Å². The fourth-order valence-electron chi connectivity index (χ4n) is 3.89. The molecule has 200 valence electrons. The second-order valence-corrected chi connectivity index (χ2v) is 11.3. The van der Waals surface area contributed by atoms with Gasteiger partial charge in [0, 0.05) is 35.6 Å². The van der Waals surface area contributed by atoms with Gasteiger partial charge in [-0.1, -0.05) is 18.5 Å². The van der Waals surface area contributed by atoms with Crippen molar-refractivity contribution in [2.45, 2.75) is 30.8 Å². The Morgan fingerprint density at radius 2 is 1.87 bits per heavy atom. The van der Waals surface area contributed by atoms with Gasteiger partial charge >= 0.3 is 0 Å². The van der Waals surface area contributed by atoms with E-state index in [1.807, 2.05) is 19.1 Å². The first-order valence-electron chi connectivity index (χ1n) is 11.6. The second kappa shape index (κ2) is 12.0. The maximum absolute atomic E-state index is 15.5. The van der Waals surface area contributed by atoms with Crippen LogP contribution in [0.4, 0.5) is 15.2 Å². The molecular weight excluding hydrogens is 551 g/mol. The molecule has 2 aromatic carbocycles. The van der Waals surface area contributed by atoms with Crippen LogP contribution in [0.25, 0.3) is 0 Å². The maximum atomic E-state index is 15.5. The summed E-state index contributed by atoms with van der Waals surface area (Å²) in [6.45, 7) is 1.82. The van der Waals surface area contributed by atoms with E-state index in [0.29, 0.717) is 23.5 Å². The molecule has 0 amide bonds. The average molecular weight is 577 g/mol. The summed E-state index contributed by atoms with van der Waals surface area (Å²) in [6.07, 6.45) is 5.50. The number of hydrogen-bond donors (Lipinski definition) is 1. The normalized spacial score (nSPS) is 12.1. The molecule has 0 radical (unpaired) electrons. The van der Waals surface area contributed by atoms with Gasteiger partial charge in [0.2, 0.25) is 0 Å². The molecule has 1 N–H and O–H groups in total. The fraction of sp³-hybridized carbons (Fsp3) is 0.231. The summed E-state index contributed by atoms with van der Waals surface area (Å²) in [5.74, 6) is 0.0259. The summed E-state index contributed by atoms with van der Waals surface area (Å²) in [6, 6.07) is 10.8. The zero-order chi connectivity index (χ0) is 27.3. The fourth-order valence-corrected chi connectivity index (χ4v) is 6.52. The van der Waals surface area contributed by atoms with E-state index in [-0.39, 0.29) is 28.4 Å². The molecule has 0 spiro atoms. The van der Waals surface area contributed by atoms with Crippen molar-refractivity contribution in [3.63, 3.8) is 0 Å². The van der Waals surface area contributed by atoms with Gasteiger partial charge in [0.05, 0.1) is 37.5 Å². The SMILES string of the molecule is CCC(Nc1cc(F)c(S(=O)(=O)N(Cc2ccc(OC)cc2OC)c2nccs2)cc1Cl)c1ccncc1. The number of methoxy groups -OCH3 is 2. The molecule has 0 aliphatic rings. The Morgan fingerprint density at radius 3 is 2.50 bits per heavy atom. The highest BCUT2D eigenvalue weighted by atomic mass is 35.5. The van der Waals surface area contributed by atoms with Gasteiger partial charge < -0.3 is 14.8 Å². The molecule has 2 aromatic heterocycles. The molecule has 4 aromatic rings. The number of nitrogens with zero attached hydrogens (tertiary/aromatic N) is 3. The van der Waals surface area contributed by atoms with Crippen molar-refractivity contribution >= 4 is 43.8 Å². The Morgan fingerprint density at radius 1 is 1.11 bits per heavy atom. The third kappa shape index (κ3) is 5.85. The van der Waals surface area contributed by atoms with E-state index >= 15 is 4.39 Å². The summed E-state index contributed by atoms with van der Waals surface area (Å²) in [4.78, 5) is 7.63. The summed E-state index contributed by atoms with van der Waals surface area (Å²) in [5, 5.41) is 5.09. The molecule has 0 fully saturated rings. The third-order valence-corrected chi connectivity index (χ3v) is 8.85. The Hall–Kier alpha value is -3.41. The highest BCUT2D eigenvalue weighted by molar-refractivity contribution is 7.93. The Kier molecular flexibility index (Phi) is 8.70. The lowest BCUT2D eigenvalue weighted by atomic mass is 10.1. The second-order valence-electron chi connectivity index (χ2n) is 8.15. The lowest BCUT2D eigenvalue weighted by Gasteiger charge is -2.24. The summed E-state index contributed by atoms with van der Waals surface area (Å²) in [5.41, 5.74) is 1.77. The smallest absolute Gasteiger partial charge is 0.269 e. The first-order valence-corrected chi connectivity index (χ1v) is 14.3. The van der Waals surface area contributed by atoms with Crippen molar-refractivity contribution in [3.8, 4) is 11.5 Å². The molecule has 0 aliphatic carbocycles. The highest BCUT2D eigenvalue weighted by Gasteiger charge is 2.32. The Bertz CT molecular complexity index is 1490. The molecule has 38 heavy (non-hydrogen) atoms. The lowest BCUT2D eigenvalue weighted by Crippen LogP contribution is -2.31. The van der Waals surface area contributed by atoms with E-state index in [2.05, 4.69) is 15.3 Å². The number of pyridine rings is 1. The van der Waals surface area contributed by atoms with Crippen LogP contribution in [-0.4, -0.2) is 32.6 Å². The molecule has 12 heteroatoms. The van der Waals surface area contributed by atoms with Crippen LogP contribution in [0.15, 0.2) is 71.3 Å². The average Bonchev–Trinajstić information content (AvgIpc) is 3.46. The van der Waals surface area contributed by atoms with E-state index in [1.54, 1.807) is 36.0 Å². The topological polar surface area (TPSA) is 93.7 Å². The number of rotatable bonds is 11. The van der Waals surface area contributed by atoms with E-state index < -0.39 is 20.7 Å². The summed E-state index contributed by atoms with van der Waals surface area (Å²) >= 11 is 7.61. The van der Waals surface area contributed by atoms with Gasteiger partial charge in [0.25, 0.3) is 10.0 Å². The quantitative estimate of drug-likeness (QED) is 0.224. The van der Waals surface area contributed by atoms with Crippen molar-refractivity contribution < 1.29 is 22.3 Å². The van der Waals surface area contributed by atoms with Crippen molar-refractivity contribution in [1.29, 1.82) is 0 Å². The number of nitrogens with one attached hydrogen (secondary N) is 1. The predicted octanol–water partition coefficient (Wildman–Crippen LogP) is 6.31. The molecule has 0 aliphatic heterocycles. The molecule has 8 nitrogen and oxygen atoms in total. The standard InChI is InChI=1S/C26H26ClFN4O4S2/c1-4-22(17-7-9-29-10-8-17)31-23-15-21(28)25(14-20(23)27)38(33,34)32(26-30-11-12-37-26)16-18-5-6-19(35-2)13-24(18)36-3/h5-15,22,31H,4,16H2,1-3H3. The molecular formula is C26H26ClFN4O4S2. The van der Waals surface area contributed by atoms with Crippen molar-refractivity contribution in [1.82, 2.24) is 9.97 Å². The van der Waals surface area contributed by atoms with Gasteiger partial charge in [0.15, 0.2) is 5.13 Å². The van der Waals surface area contributed by atoms with Crippen molar-refractivity contribution in [2.75, 3.05) is 23.8 Å².